The Kier molecular flexibility index (Phi) is 2.51. The number of nitrogens with zero attached hydrogens (tertiary/aromatic N) is 1. The normalized spacial score (nSPS) is 42.4. The van der Waals surface area contributed by atoms with Crippen LogP contribution in [0.3, 0.4) is 0 Å². The third-order valence-corrected chi connectivity index (χ3v) is 5.65. The summed E-state index contributed by atoms with van der Waals surface area (Å²) in [6.07, 6.45) is 6.70. The van der Waals surface area contributed by atoms with Crippen LogP contribution in [0.15, 0.2) is 0 Å². The summed E-state index contributed by atoms with van der Waals surface area (Å²) in [5.74, 6) is 0.817. The van der Waals surface area contributed by atoms with Gasteiger partial charge in [-0.3, -0.25) is 9.59 Å². The van der Waals surface area contributed by atoms with E-state index in [0.717, 1.165) is 19.3 Å². The molecule has 0 aromatic heterocycles. The lowest BCUT2D eigenvalue weighted by atomic mass is 9.49. The van der Waals surface area contributed by atoms with Crippen LogP contribution in [-0.2, 0) is 19.2 Å². The molecule has 0 spiro atoms. The van der Waals surface area contributed by atoms with E-state index < -0.39 is 5.41 Å². The number of carbonyl (C=O) groups is 3. The number of carbonyl (C=O) groups excluding carboxylic acids is 3. The van der Waals surface area contributed by atoms with Gasteiger partial charge in [0, 0.05) is 12.8 Å². The summed E-state index contributed by atoms with van der Waals surface area (Å²) in [6, 6.07) is 0. The van der Waals surface area contributed by atoms with Crippen molar-refractivity contribution in [2.24, 2.45) is 23.2 Å². The van der Waals surface area contributed by atoms with Gasteiger partial charge in [0.25, 0.3) is 11.8 Å². The Morgan fingerprint density at radius 1 is 0.950 bits per heavy atom. The van der Waals surface area contributed by atoms with Gasteiger partial charge in [-0.15, -0.1) is 5.06 Å². The highest BCUT2D eigenvalue weighted by Gasteiger charge is 2.56. The molecule has 1 aliphatic heterocycles. The van der Waals surface area contributed by atoms with Gasteiger partial charge in [0.15, 0.2) is 0 Å². The topological polar surface area (TPSA) is 63.7 Å². The van der Waals surface area contributed by atoms with Crippen LogP contribution in [-0.4, -0.2) is 22.8 Å². The molecule has 4 aliphatic carbocycles. The highest BCUT2D eigenvalue weighted by atomic mass is 16.7. The van der Waals surface area contributed by atoms with E-state index >= 15 is 0 Å². The van der Waals surface area contributed by atoms with Gasteiger partial charge in [0.1, 0.15) is 0 Å². The van der Waals surface area contributed by atoms with E-state index in [2.05, 4.69) is 0 Å². The van der Waals surface area contributed by atoms with Crippen molar-refractivity contribution in [3.05, 3.63) is 0 Å². The molecule has 20 heavy (non-hydrogen) atoms. The lowest BCUT2D eigenvalue weighted by molar-refractivity contribution is -0.214. The van der Waals surface area contributed by atoms with Crippen molar-refractivity contribution >= 4 is 17.8 Å². The predicted molar refractivity (Wildman–Crippen MR) is 67.8 cm³/mol. The van der Waals surface area contributed by atoms with Crippen LogP contribution < -0.4 is 0 Å². The Bertz CT molecular complexity index is 447. The molecule has 5 heteroatoms. The number of amides is 2. The first-order valence-electron chi connectivity index (χ1n) is 7.64. The number of hydrogen-bond acceptors (Lipinski definition) is 4. The fourth-order valence-electron chi connectivity index (χ4n) is 5.20. The number of hydrogen-bond donors (Lipinski definition) is 0. The molecule has 1 saturated heterocycles. The summed E-state index contributed by atoms with van der Waals surface area (Å²) in [5, 5.41) is 0.709. The molecule has 5 nitrogen and oxygen atoms in total. The first kappa shape index (κ1) is 12.4. The molecular formula is C15H19NO4. The van der Waals surface area contributed by atoms with Crippen molar-refractivity contribution in [2.75, 3.05) is 0 Å². The van der Waals surface area contributed by atoms with Gasteiger partial charge >= 0.3 is 5.97 Å². The van der Waals surface area contributed by atoms with Crippen molar-refractivity contribution in [3.8, 4) is 0 Å². The molecule has 5 rings (SSSR count). The van der Waals surface area contributed by atoms with Crippen LogP contribution in [0.25, 0.3) is 0 Å². The summed E-state index contributed by atoms with van der Waals surface area (Å²) in [4.78, 5) is 40.9. The summed E-state index contributed by atoms with van der Waals surface area (Å²) < 4.78 is 0. The Morgan fingerprint density at radius 3 is 1.85 bits per heavy atom. The first-order valence-corrected chi connectivity index (χ1v) is 7.64. The van der Waals surface area contributed by atoms with Gasteiger partial charge in [-0.2, -0.15) is 0 Å². The highest BCUT2D eigenvalue weighted by molar-refractivity contribution is 6.01. The molecule has 0 unspecified atom stereocenters. The van der Waals surface area contributed by atoms with Gasteiger partial charge in [-0.05, 0) is 56.3 Å². The molecule has 0 radical (unpaired) electrons. The molecule has 4 saturated carbocycles. The minimum Gasteiger partial charge on any atom is -0.330 e. The molecule has 108 valence electrons. The van der Waals surface area contributed by atoms with Gasteiger partial charge in [0.2, 0.25) is 0 Å². The smallest absolute Gasteiger partial charge is 0.330 e. The fraction of sp³-hybridized carbons (Fsp3) is 0.800. The minimum absolute atomic E-state index is 0.160. The maximum absolute atomic E-state index is 12.6. The van der Waals surface area contributed by atoms with E-state index in [-0.39, 0.29) is 30.6 Å². The molecule has 5 fully saturated rings. The van der Waals surface area contributed by atoms with Crippen LogP contribution in [0.2, 0.25) is 0 Å². The fourth-order valence-corrected chi connectivity index (χ4v) is 5.20. The molecule has 2 amide bonds. The molecule has 1 heterocycles. The Morgan fingerprint density at radius 2 is 1.40 bits per heavy atom. The van der Waals surface area contributed by atoms with E-state index in [1.807, 2.05) is 0 Å². The maximum Gasteiger partial charge on any atom is 0.339 e. The lowest BCUT2D eigenvalue weighted by Crippen LogP contribution is -2.52. The van der Waals surface area contributed by atoms with Crippen LogP contribution in [0.4, 0.5) is 0 Å². The Balaban J connectivity index is 1.53. The average molecular weight is 277 g/mol. The standard InChI is InChI=1S/C15H19NO4/c17-12-1-2-13(18)16(12)20-14(19)15-6-9-3-10(7-15)5-11(4-9)8-15/h9-11H,1-8H2. The van der Waals surface area contributed by atoms with Crippen LogP contribution >= 0.6 is 0 Å². The second-order valence-electron chi connectivity index (χ2n) is 7.16. The van der Waals surface area contributed by atoms with Crippen LogP contribution in [0, 0.1) is 23.2 Å². The van der Waals surface area contributed by atoms with E-state index in [9.17, 15) is 14.4 Å². The van der Waals surface area contributed by atoms with E-state index in [0.29, 0.717) is 22.8 Å². The largest absolute Gasteiger partial charge is 0.339 e. The Labute approximate surface area is 117 Å². The second kappa shape index (κ2) is 4.06. The highest BCUT2D eigenvalue weighted by Crippen LogP contribution is 2.60. The monoisotopic (exact) mass is 277 g/mol. The number of rotatable bonds is 2. The van der Waals surface area contributed by atoms with Crippen molar-refractivity contribution in [1.29, 1.82) is 0 Å². The molecule has 4 bridgehead atoms. The van der Waals surface area contributed by atoms with Crippen molar-refractivity contribution in [1.82, 2.24) is 5.06 Å². The zero-order chi connectivity index (χ0) is 13.9. The molecule has 0 atom stereocenters. The van der Waals surface area contributed by atoms with Crippen molar-refractivity contribution in [2.45, 2.75) is 51.4 Å². The van der Waals surface area contributed by atoms with E-state index in [1.54, 1.807) is 0 Å². The maximum atomic E-state index is 12.6. The first-order chi connectivity index (χ1) is 9.56. The van der Waals surface area contributed by atoms with E-state index in [1.165, 1.54) is 19.3 Å². The molecule has 0 aromatic carbocycles. The zero-order valence-corrected chi connectivity index (χ0v) is 11.5. The van der Waals surface area contributed by atoms with Gasteiger partial charge in [0.05, 0.1) is 5.41 Å². The molecule has 0 aromatic rings. The average Bonchev–Trinajstić information content (AvgIpc) is 2.69. The third-order valence-electron chi connectivity index (χ3n) is 5.65. The summed E-state index contributed by atoms with van der Waals surface area (Å²) in [5.41, 5.74) is -0.419. The summed E-state index contributed by atoms with van der Waals surface area (Å²) in [7, 11) is 0. The van der Waals surface area contributed by atoms with Gasteiger partial charge < -0.3 is 4.84 Å². The van der Waals surface area contributed by atoms with Crippen molar-refractivity contribution in [3.63, 3.8) is 0 Å². The van der Waals surface area contributed by atoms with Gasteiger partial charge in [-0.1, -0.05) is 0 Å². The molecule has 0 N–H and O–H groups in total. The molecular weight excluding hydrogens is 258 g/mol. The molecule has 5 aliphatic rings. The van der Waals surface area contributed by atoms with Crippen molar-refractivity contribution < 1.29 is 19.2 Å². The number of imide groups is 1. The lowest BCUT2D eigenvalue weighted by Gasteiger charge is -2.55. The van der Waals surface area contributed by atoms with Crippen LogP contribution in [0.1, 0.15) is 51.4 Å². The van der Waals surface area contributed by atoms with E-state index in [4.69, 9.17) is 4.84 Å². The second-order valence-corrected chi connectivity index (χ2v) is 7.16. The predicted octanol–water partition coefficient (Wildman–Crippen LogP) is 1.81. The minimum atomic E-state index is -0.419. The Hall–Kier alpha value is -1.39. The van der Waals surface area contributed by atoms with Gasteiger partial charge in [-0.25, -0.2) is 4.79 Å². The quantitative estimate of drug-likeness (QED) is 0.722. The van der Waals surface area contributed by atoms with Crippen LogP contribution in [0.5, 0.6) is 0 Å². The third kappa shape index (κ3) is 1.71. The number of hydroxylamine groups is 2. The zero-order valence-electron chi connectivity index (χ0n) is 11.5. The SMILES string of the molecule is O=C1CCC(=O)N1OC(=O)C12CC3CC(CC(C3)C1)C2. The summed E-state index contributed by atoms with van der Waals surface area (Å²) >= 11 is 0. The summed E-state index contributed by atoms with van der Waals surface area (Å²) in [6.45, 7) is 0.